The van der Waals surface area contributed by atoms with Gasteiger partial charge in [0.1, 0.15) is 11.8 Å². The van der Waals surface area contributed by atoms with Crippen LogP contribution in [-0.2, 0) is 4.79 Å². The Hall–Kier alpha value is -2.06. The Morgan fingerprint density at radius 1 is 1.41 bits per heavy atom. The molecule has 2 heterocycles. The molecular weight excluding hydrogens is 303 g/mol. The third-order valence-corrected chi connectivity index (χ3v) is 3.58. The molecule has 0 spiro atoms. The van der Waals surface area contributed by atoms with Crippen molar-refractivity contribution in [2.75, 3.05) is 6.54 Å². The molecule has 1 aromatic heterocycles. The largest absolute Gasteiger partial charge is 0.448 e. The molecule has 1 aromatic rings. The minimum absolute atomic E-state index is 0.141. The molecule has 0 saturated carbocycles. The van der Waals surface area contributed by atoms with Gasteiger partial charge in [0.2, 0.25) is 5.91 Å². The fraction of sp³-hybridized carbons (Fsp3) is 0.615. The lowest BCUT2D eigenvalue weighted by atomic mass is 9.97. The number of oxazole rings is 1. The van der Waals surface area contributed by atoms with Crippen molar-refractivity contribution in [3.05, 3.63) is 17.8 Å². The monoisotopic (exact) mass is 319 g/mol. The number of amides is 2. The van der Waals surface area contributed by atoms with E-state index >= 15 is 0 Å². The van der Waals surface area contributed by atoms with Crippen LogP contribution >= 0.6 is 0 Å². The van der Waals surface area contributed by atoms with Crippen LogP contribution < -0.4 is 5.32 Å². The number of alkyl halides is 3. The van der Waals surface area contributed by atoms with Crippen LogP contribution in [0.5, 0.6) is 0 Å². The van der Waals surface area contributed by atoms with Gasteiger partial charge in [-0.25, -0.2) is 4.98 Å². The van der Waals surface area contributed by atoms with Crippen LogP contribution in [0.1, 0.15) is 36.0 Å². The second-order valence-electron chi connectivity index (χ2n) is 5.25. The lowest BCUT2D eigenvalue weighted by molar-refractivity contribution is -0.184. The van der Waals surface area contributed by atoms with Gasteiger partial charge in [-0.2, -0.15) is 13.2 Å². The van der Waals surface area contributed by atoms with Crippen molar-refractivity contribution in [2.24, 2.45) is 0 Å². The molecule has 0 unspecified atom stereocenters. The zero-order valence-electron chi connectivity index (χ0n) is 12.1. The topological polar surface area (TPSA) is 75.4 Å². The van der Waals surface area contributed by atoms with Crippen molar-refractivity contribution in [3.63, 3.8) is 0 Å². The summed E-state index contributed by atoms with van der Waals surface area (Å²) in [5.74, 6) is -1.03. The Kier molecular flexibility index (Phi) is 4.43. The van der Waals surface area contributed by atoms with Crippen LogP contribution in [0.25, 0.3) is 0 Å². The summed E-state index contributed by atoms with van der Waals surface area (Å²) in [4.78, 5) is 27.8. The molecule has 2 amide bonds. The third kappa shape index (κ3) is 3.40. The first-order valence-corrected chi connectivity index (χ1v) is 6.75. The number of carbonyl (C=O) groups is 2. The molecule has 9 heteroatoms. The van der Waals surface area contributed by atoms with E-state index in [1.807, 2.05) is 0 Å². The number of nitrogens with one attached hydrogen (secondary N) is 1. The van der Waals surface area contributed by atoms with E-state index < -0.39 is 24.2 Å². The Morgan fingerprint density at radius 2 is 2.09 bits per heavy atom. The molecule has 6 nitrogen and oxygen atoms in total. The van der Waals surface area contributed by atoms with Gasteiger partial charge < -0.3 is 14.6 Å². The summed E-state index contributed by atoms with van der Waals surface area (Å²) in [5, 5.41) is 2.55. The van der Waals surface area contributed by atoms with Gasteiger partial charge in [-0.05, 0) is 19.8 Å². The second kappa shape index (κ2) is 5.98. The first kappa shape index (κ1) is 16.3. The highest BCUT2D eigenvalue weighted by Crippen LogP contribution is 2.33. The Balaban J connectivity index is 2.25. The molecule has 2 atom stereocenters. The lowest BCUT2D eigenvalue weighted by Crippen LogP contribution is -2.58. The number of nitrogens with zero attached hydrogens (tertiary/aromatic N) is 2. The van der Waals surface area contributed by atoms with Gasteiger partial charge in [0.05, 0.1) is 0 Å². The summed E-state index contributed by atoms with van der Waals surface area (Å²) in [5.41, 5.74) is -0.141. The number of aryl methyl sites for hydroxylation is 1. The summed E-state index contributed by atoms with van der Waals surface area (Å²) in [6.07, 6.45) is -3.63. The maximum absolute atomic E-state index is 13.2. The predicted molar refractivity (Wildman–Crippen MR) is 69.0 cm³/mol. The molecule has 22 heavy (non-hydrogen) atoms. The van der Waals surface area contributed by atoms with Crippen molar-refractivity contribution in [3.8, 4) is 0 Å². The molecule has 2 rings (SSSR count). The fourth-order valence-electron chi connectivity index (χ4n) is 2.59. The molecule has 122 valence electrons. The zero-order valence-corrected chi connectivity index (χ0v) is 12.1. The van der Waals surface area contributed by atoms with Crippen LogP contribution in [0.3, 0.4) is 0 Å². The number of hydrogen-bond donors (Lipinski definition) is 1. The minimum atomic E-state index is -4.53. The summed E-state index contributed by atoms with van der Waals surface area (Å²) in [6.45, 7) is 2.52. The lowest BCUT2D eigenvalue weighted by Gasteiger charge is -2.40. The van der Waals surface area contributed by atoms with E-state index in [9.17, 15) is 22.8 Å². The van der Waals surface area contributed by atoms with E-state index in [1.54, 1.807) is 0 Å². The van der Waals surface area contributed by atoms with E-state index in [0.717, 1.165) is 11.3 Å². The standard InChI is InChI=1S/C13H16F3N3O3/c1-7-11(17-6-22-7)12(21)19-5-9(18-8(2)20)3-4-10(19)13(14,15)16/h6,9-10H,3-5H2,1-2H3,(H,18,20)/t9-,10+/m1/s1. The van der Waals surface area contributed by atoms with Gasteiger partial charge in [-0.1, -0.05) is 0 Å². The van der Waals surface area contributed by atoms with E-state index in [0.29, 0.717) is 0 Å². The Bertz CT molecular complexity index is 570. The first-order chi connectivity index (χ1) is 10.2. The van der Waals surface area contributed by atoms with Crippen molar-refractivity contribution < 1.29 is 27.2 Å². The average Bonchev–Trinajstić information content (AvgIpc) is 2.82. The van der Waals surface area contributed by atoms with E-state index in [-0.39, 0.29) is 36.7 Å². The fourth-order valence-corrected chi connectivity index (χ4v) is 2.59. The van der Waals surface area contributed by atoms with E-state index in [4.69, 9.17) is 4.42 Å². The van der Waals surface area contributed by atoms with Gasteiger partial charge in [0.15, 0.2) is 12.1 Å². The number of hydrogen-bond acceptors (Lipinski definition) is 4. The van der Waals surface area contributed by atoms with Crippen molar-refractivity contribution >= 4 is 11.8 Å². The molecule has 0 aliphatic carbocycles. The third-order valence-electron chi connectivity index (χ3n) is 3.58. The normalized spacial score (nSPS) is 22.5. The molecule has 1 N–H and O–H groups in total. The average molecular weight is 319 g/mol. The second-order valence-corrected chi connectivity index (χ2v) is 5.25. The van der Waals surface area contributed by atoms with Gasteiger partial charge >= 0.3 is 6.18 Å². The highest BCUT2D eigenvalue weighted by atomic mass is 19.4. The molecule has 0 bridgehead atoms. The summed E-state index contributed by atoms with van der Waals surface area (Å²) < 4.78 is 44.4. The maximum atomic E-state index is 13.2. The molecule has 0 radical (unpaired) electrons. The van der Waals surface area contributed by atoms with Crippen LogP contribution in [0, 0.1) is 6.92 Å². The molecule has 0 aromatic carbocycles. The number of likely N-dealkylation sites (tertiary alicyclic amines) is 1. The predicted octanol–water partition coefficient (Wildman–Crippen LogP) is 1.65. The number of halogens is 3. The smallest absolute Gasteiger partial charge is 0.408 e. The van der Waals surface area contributed by atoms with Crippen LogP contribution in [0.4, 0.5) is 13.2 Å². The van der Waals surface area contributed by atoms with Crippen LogP contribution in [0.2, 0.25) is 0 Å². The number of rotatable bonds is 2. The summed E-state index contributed by atoms with van der Waals surface area (Å²) >= 11 is 0. The molecule has 1 saturated heterocycles. The van der Waals surface area contributed by atoms with E-state index in [1.165, 1.54) is 13.8 Å². The van der Waals surface area contributed by atoms with E-state index in [2.05, 4.69) is 10.3 Å². The van der Waals surface area contributed by atoms with Gasteiger partial charge in [0, 0.05) is 19.5 Å². The number of carbonyl (C=O) groups excluding carboxylic acids is 2. The molecule has 1 fully saturated rings. The highest BCUT2D eigenvalue weighted by molar-refractivity contribution is 5.93. The SMILES string of the molecule is CC(=O)N[C@@H]1CC[C@@H](C(F)(F)F)N(C(=O)c2ncoc2C)C1. The number of piperidine rings is 1. The van der Waals surface area contributed by atoms with Gasteiger partial charge in [0.25, 0.3) is 5.91 Å². The molecular formula is C13H16F3N3O3. The van der Waals surface area contributed by atoms with Gasteiger partial charge in [-0.3, -0.25) is 9.59 Å². The van der Waals surface area contributed by atoms with Crippen LogP contribution in [0.15, 0.2) is 10.8 Å². The summed E-state index contributed by atoms with van der Waals surface area (Å²) in [6, 6.07) is -2.40. The first-order valence-electron chi connectivity index (χ1n) is 6.75. The molecule has 1 aliphatic rings. The van der Waals surface area contributed by atoms with Crippen molar-refractivity contribution in [1.82, 2.24) is 15.2 Å². The Labute approximate surface area is 124 Å². The Morgan fingerprint density at radius 3 is 2.59 bits per heavy atom. The van der Waals surface area contributed by atoms with Crippen LogP contribution in [-0.4, -0.2) is 46.5 Å². The number of aromatic nitrogens is 1. The summed E-state index contributed by atoms with van der Waals surface area (Å²) in [7, 11) is 0. The minimum Gasteiger partial charge on any atom is -0.448 e. The highest BCUT2D eigenvalue weighted by Gasteiger charge is 2.48. The molecule has 1 aliphatic heterocycles. The quantitative estimate of drug-likeness (QED) is 0.899. The van der Waals surface area contributed by atoms with Crippen molar-refractivity contribution in [1.29, 1.82) is 0 Å². The van der Waals surface area contributed by atoms with Crippen molar-refractivity contribution in [2.45, 2.75) is 44.9 Å². The van der Waals surface area contributed by atoms with Gasteiger partial charge in [-0.15, -0.1) is 0 Å². The zero-order chi connectivity index (χ0) is 16.5. The maximum Gasteiger partial charge on any atom is 0.408 e.